The Hall–Kier alpha value is -2.49. The molecule has 27 heavy (non-hydrogen) atoms. The predicted octanol–water partition coefficient (Wildman–Crippen LogP) is 5.25. The molecule has 2 aromatic carbocycles. The van der Waals surface area contributed by atoms with Crippen molar-refractivity contribution in [3.63, 3.8) is 0 Å². The number of hydrogen-bond donors (Lipinski definition) is 0. The average Bonchev–Trinajstić information content (AvgIpc) is 2.67. The van der Waals surface area contributed by atoms with E-state index in [1.54, 1.807) is 30.3 Å². The van der Waals surface area contributed by atoms with Crippen molar-refractivity contribution >= 4 is 39.6 Å². The topological polar surface area (TPSA) is 68.5 Å². The smallest absolute Gasteiger partial charge is 0.349 e. The Morgan fingerprint density at radius 2 is 2.00 bits per heavy atom. The number of aryl methyl sites for hydroxylation is 1. The summed E-state index contributed by atoms with van der Waals surface area (Å²) in [5.41, 5.74) is 2.44. The van der Waals surface area contributed by atoms with E-state index >= 15 is 0 Å². The quantitative estimate of drug-likeness (QED) is 0.341. The average molecular weight is 451 g/mol. The summed E-state index contributed by atoms with van der Waals surface area (Å²) < 4.78 is 16.8. The van der Waals surface area contributed by atoms with Crippen LogP contribution in [0.1, 0.15) is 16.7 Å². The Balaban J connectivity index is 2.08. The van der Waals surface area contributed by atoms with Gasteiger partial charge in [-0.15, -0.1) is 0 Å². The number of methoxy groups -OCH3 is 1. The molecular weight excluding hydrogens is 434 g/mol. The first-order valence-electron chi connectivity index (χ1n) is 7.90. The molecule has 2 aromatic rings. The molecule has 0 atom stereocenters. The lowest BCUT2D eigenvalue weighted by atomic mass is 10.1. The number of halogens is 2. The molecule has 140 valence electrons. The van der Waals surface area contributed by atoms with Crippen molar-refractivity contribution < 1.29 is 19.0 Å². The SMILES string of the molecule is COc1cc(/C=C\C#N)ccc1OC(=O)COc1cc(C)c(Cl)c(C)c1Br. The first kappa shape index (κ1) is 20.8. The van der Waals surface area contributed by atoms with Crippen molar-refractivity contribution in [2.24, 2.45) is 0 Å². The van der Waals surface area contributed by atoms with E-state index in [0.29, 0.717) is 21.0 Å². The number of ether oxygens (including phenoxy) is 3. The molecular formula is C20H17BrClNO4. The summed E-state index contributed by atoms with van der Waals surface area (Å²) in [7, 11) is 1.47. The standard InChI is InChI=1S/C20H17BrClNO4/c1-12-9-17(19(21)13(2)20(12)22)26-11-18(24)27-15-7-6-14(5-4-8-23)10-16(15)25-3/h4-7,9-10H,11H2,1-3H3/b5-4-. The van der Waals surface area contributed by atoms with E-state index in [-0.39, 0.29) is 12.4 Å². The van der Waals surface area contributed by atoms with Gasteiger partial charge < -0.3 is 14.2 Å². The summed E-state index contributed by atoms with van der Waals surface area (Å²) in [6, 6.07) is 8.64. The Morgan fingerprint density at radius 1 is 1.26 bits per heavy atom. The normalized spacial score (nSPS) is 10.5. The summed E-state index contributed by atoms with van der Waals surface area (Å²) in [4.78, 5) is 12.2. The first-order valence-corrected chi connectivity index (χ1v) is 9.07. The summed E-state index contributed by atoms with van der Waals surface area (Å²) in [6.07, 6.45) is 2.97. The molecule has 0 aliphatic heterocycles. The Bertz CT molecular complexity index is 935. The van der Waals surface area contributed by atoms with Crippen molar-refractivity contribution in [2.75, 3.05) is 13.7 Å². The zero-order valence-electron chi connectivity index (χ0n) is 15.0. The highest BCUT2D eigenvalue weighted by Crippen LogP contribution is 2.36. The first-order chi connectivity index (χ1) is 12.9. The van der Waals surface area contributed by atoms with Crippen LogP contribution in [0.4, 0.5) is 0 Å². The lowest BCUT2D eigenvalue weighted by molar-refractivity contribution is -0.136. The third-order valence-electron chi connectivity index (χ3n) is 3.68. The van der Waals surface area contributed by atoms with Gasteiger partial charge in [-0.1, -0.05) is 17.7 Å². The maximum atomic E-state index is 12.2. The van der Waals surface area contributed by atoms with Crippen LogP contribution in [-0.2, 0) is 4.79 Å². The maximum absolute atomic E-state index is 12.2. The summed E-state index contributed by atoms with van der Waals surface area (Å²) in [5, 5.41) is 9.23. The molecule has 7 heteroatoms. The molecule has 0 bridgehead atoms. The number of rotatable bonds is 6. The van der Waals surface area contributed by atoms with Gasteiger partial charge in [0.1, 0.15) is 5.75 Å². The Labute approximate surface area is 171 Å². The third-order valence-corrected chi connectivity index (χ3v) is 5.24. The molecule has 0 amide bonds. The fraction of sp³-hybridized carbons (Fsp3) is 0.200. The van der Waals surface area contributed by atoms with Gasteiger partial charge in [0.15, 0.2) is 18.1 Å². The van der Waals surface area contributed by atoms with E-state index < -0.39 is 5.97 Å². The van der Waals surface area contributed by atoms with Crippen molar-refractivity contribution in [2.45, 2.75) is 13.8 Å². The molecule has 0 saturated carbocycles. The molecule has 0 radical (unpaired) electrons. The van der Waals surface area contributed by atoms with Crippen LogP contribution in [-0.4, -0.2) is 19.7 Å². The summed E-state index contributed by atoms with van der Waals surface area (Å²) in [5.74, 6) is 0.576. The van der Waals surface area contributed by atoms with Crippen LogP contribution >= 0.6 is 27.5 Å². The van der Waals surface area contributed by atoms with Crippen LogP contribution in [0.15, 0.2) is 34.8 Å². The maximum Gasteiger partial charge on any atom is 0.349 e. The molecule has 0 aromatic heterocycles. The Kier molecular flexibility index (Phi) is 7.28. The molecule has 0 N–H and O–H groups in total. The molecule has 0 aliphatic rings. The molecule has 0 saturated heterocycles. The van der Waals surface area contributed by atoms with Gasteiger partial charge in [0.05, 0.1) is 17.7 Å². The van der Waals surface area contributed by atoms with Crippen molar-refractivity contribution in [1.82, 2.24) is 0 Å². The van der Waals surface area contributed by atoms with Crippen molar-refractivity contribution in [1.29, 1.82) is 5.26 Å². The molecule has 2 rings (SSSR count). The van der Waals surface area contributed by atoms with Crippen LogP contribution < -0.4 is 14.2 Å². The van der Waals surface area contributed by atoms with Crippen LogP contribution in [0.2, 0.25) is 5.02 Å². The van der Waals surface area contributed by atoms with Crippen LogP contribution in [0.3, 0.4) is 0 Å². The van der Waals surface area contributed by atoms with E-state index in [9.17, 15) is 4.79 Å². The van der Waals surface area contributed by atoms with Gasteiger partial charge in [-0.3, -0.25) is 0 Å². The molecule has 0 spiro atoms. The van der Waals surface area contributed by atoms with E-state index in [0.717, 1.165) is 16.7 Å². The van der Waals surface area contributed by atoms with Crippen molar-refractivity contribution in [3.05, 3.63) is 56.5 Å². The molecule has 0 unspecified atom stereocenters. The summed E-state index contributed by atoms with van der Waals surface area (Å²) in [6.45, 7) is 3.44. The minimum atomic E-state index is -0.578. The lowest BCUT2D eigenvalue weighted by Crippen LogP contribution is -2.18. The van der Waals surface area contributed by atoms with Crippen LogP contribution in [0.5, 0.6) is 17.2 Å². The van der Waals surface area contributed by atoms with E-state index in [2.05, 4.69) is 15.9 Å². The third kappa shape index (κ3) is 5.25. The van der Waals surface area contributed by atoms with E-state index in [1.165, 1.54) is 13.2 Å². The highest BCUT2D eigenvalue weighted by atomic mass is 79.9. The lowest BCUT2D eigenvalue weighted by Gasteiger charge is -2.13. The van der Waals surface area contributed by atoms with Gasteiger partial charge in [0.25, 0.3) is 0 Å². The van der Waals surface area contributed by atoms with E-state index in [1.807, 2.05) is 19.9 Å². The van der Waals surface area contributed by atoms with Gasteiger partial charge in [-0.2, -0.15) is 5.26 Å². The van der Waals surface area contributed by atoms with Crippen LogP contribution in [0.25, 0.3) is 6.08 Å². The predicted molar refractivity (Wildman–Crippen MR) is 107 cm³/mol. The van der Waals surface area contributed by atoms with Gasteiger partial charge >= 0.3 is 5.97 Å². The largest absolute Gasteiger partial charge is 0.493 e. The zero-order chi connectivity index (χ0) is 20.0. The highest BCUT2D eigenvalue weighted by Gasteiger charge is 2.15. The van der Waals surface area contributed by atoms with Crippen LogP contribution in [0, 0.1) is 25.2 Å². The number of nitriles is 1. The minimum Gasteiger partial charge on any atom is -0.493 e. The van der Waals surface area contributed by atoms with E-state index in [4.69, 9.17) is 31.1 Å². The fourth-order valence-corrected chi connectivity index (χ4v) is 2.99. The van der Waals surface area contributed by atoms with Gasteiger partial charge in [0, 0.05) is 11.1 Å². The van der Waals surface area contributed by atoms with Crippen molar-refractivity contribution in [3.8, 4) is 23.3 Å². The number of hydrogen-bond acceptors (Lipinski definition) is 5. The molecule has 5 nitrogen and oxygen atoms in total. The zero-order valence-corrected chi connectivity index (χ0v) is 17.3. The number of carbonyl (C=O) groups excluding carboxylic acids is 1. The number of carbonyl (C=O) groups is 1. The second-order valence-electron chi connectivity index (χ2n) is 5.58. The number of allylic oxidation sites excluding steroid dienone is 1. The number of benzene rings is 2. The monoisotopic (exact) mass is 449 g/mol. The number of nitrogens with zero attached hydrogens (tertiary/aromatic N) is 1. The fourth-order valence-electron chi connectivity index (χ4n) is 2.30. The molecule has 0 heterocycles. The second-order valence-corrected chi connectivity index (χ2v) is 6.75. The number of esters is 1. The summed E-state index contributed by atoms with van der Waals surface area (Å²) >= 11 is 9.61. The van der Waals surface area contributed by atoms with Gasteiger partial charge in [0.2, 0.25) is 0 Å². The molecule has 0 aliphatic carbocycles. The van der Waals surface area contributed by atoms with Gasteiger partial charge in [-0.25, -0.2) is 4.79 Å². The second kappa shape index (κ2) is 9.45. The highest BCUT2D eigenvalue weighted by molar-refractivity contribution is 9.10. The minimum absolute atomic E-state index is 0.266. The van der Waals surface area contributed by atoms with Gasteiger partial charge in [-0.05, 0) is 70.7 Å². The Morgan fingerprint density at radius 3 is 2.67 bits per heavy atom. The molecule has 0 fully saturated rings.